The molecule has 1 amide bonds. The SMILES string of the molecule is Cc1ccc(-c2cc(C(=O)N3c4ccccc4CC3C)c3c(C)nn(C4CCS(=O)(=O)C4)c3n2)cc1. The van der Waals surface area contributed by atoms with Gasteiger partial charge in [-0.05, 0) is 51.3 Å². The van der Waals surface area contributed by atoms with E-state index >= 15 is 0 Å². The highest BCUT2D eigenvalue weighted by Crippen LogP contribution is 2.37. The van der Waals surface area contributed by atoms with Crippen LogP contribution in [0.2, 0.25) is 0 Å². The molecule has 8 heteroatoms. The molecule has 0 N–H and O–H groups in total. The van der Waals surface area contributed by atoms with Crippen molar-refractivity contribution in [1.29, 1.82) is 0 Å². The average molecular weight is 501 g/mol. The first-order valence-corrected chi connectivity index (χ1v) is 14.1. The molecule has 4 aromatic rings. The van der Waals surface area contributed by atoms with Gasteiger partial charge in [0.1, 0.15) is 0 Å². The van der Waals surface area contributed by atoms with Crippen molar-refractivity contribution in [2.75, 3.05) is 16.4 Å². The van der Waals surface area contributed by atoms with Crippen LogP contribution in [-0.2, 0) is 16.3 Å². The van der Waals surface area contributed by atoms with Gasteiger partial charge in [-0.2, -0.15) is 5.10 Å². The van der Waals surface area contributed by atoms with Gasteiger partial charge in [0.25, 0.3) is 5.91 Å². The first-order valence-electron chi connectivity index (χ1n) is 12.3. The fourth-order valence-corrected chi connectivity index (χ4v) is 7.27. The third kappa shape index (κ3) is 3.71. The third-order valence-electron chi connectivity index (χ3n) is 7.39. The van der Waals surface area contributed by atoms with Gasteiger partial charge in [-0.25, -0.2) is 18.1 Å². The zero-order chi connectivity index (χ0) is 25.2. The van der Waals surface area contributed by atoms with Gasteiger partial charge in [0.2, 0.25) is 0 Å². The Morgan fingerprint density at radius 2 is 1.81 bits per heavy atom. The van der Waals surface area contributed by atoms with Gasteiger partial charge >= 0.3 is 0 Å². The number of carbonyl (C=O) groups excluding carboxylic acids is 1. The molecule has 1 saturated heterocycles. The van der Waals surface area contributed by atoms with Crippen LogP contribution < -0.4 is 4.90 Å². The molecule has 184 valence electrons. The number of hydrogen-bond donors (Lipinski definition) is 0. The molecule has 2 unspecified atom stereocenters. The highest BCUT2D eigenvalue weighted by Gasteiger charge is 2.35. The molecule has 36 heavy (non-hydrogen) atoms. The molecule has 4 heterocycles. The van der Waals surface area contributed by atoms with E-state index in [9.17, 15) is 13.2 Å². The van der Waals surface area contributed by atoms with Crippen LogP contribution in [-0.4, -0.2) is 46.6 Å². The first-order chi connectivity index (χ1) is 17.2. The number of amides is 1. The molecular weight excluding hydrogens is 472 g/mol. The number of pyridine rings is 1. The molecule has 1 fully saturated rings. The van der Waals surface area contributed by atoms with Gasteiger partial charge in [0.15, 0.2) is 15.5 Å². The molecule has 2 atom stereocenters. The van der Waals surface area contributed by atoms with E-state index in [0.717, 1.165) is 28.8 Å². The van der Waals surface area contributed by atoms with Crippen LogP contribution in [0.4, 0.5) is 5.69 Å². The lowest BCUT2D eigenvalue weighted by atomic mass is 10.0. The Kier molecular flexibility index (Phi) is 5.26. The summed E-state index contributed by atoms with van der Waals surface area (Å²) in [5.41, 5.74) is 6.59. The van der Waals surface area contributed by atoms with Crippen molar-refractivity contribution >= 4 is 32.5 Å². The maximum atomic E-state index is 14.2. The van der Waals surface area contributed by atoms with Crippen LogP contribution in [0.1, 0.15) is 46.6 Å². The summed E-state index contributed by atoms with van der Waals surface area (Å²) >= 11 is 0. The van der Waals surface area contributed by atoms with Crippen molar-refractivity contribution in [3.8, 4) is 11.3 Å². The summed E-state index contributed by atoms with van der Waals surface area (Å²) in [6, 6.07) is 17.7. The van der Waals surface area contributed by atoms with Crippen molar-refractivity contribution in [3.05, 3.63) is 77.0 Å². The van der Waals surface area contributed by atoms with Crippen molar-refractivity contribution in [3.63, 3.8) is 0 Å². The second-order valence-corrected chi connectivity index (χ2v) is 12.3. The van der Waals surface area contributed by atoms with Crippen LogP contribution in [0.5, 0.6) is 0 Å². The number of sulfone groups is 1. The van der Waals surface area contributed by atoms with Crippen molar-refractivity contribution in [1.82, 2.24) is 14.8 Å². The van der Waals surface area contributed by atoms with Gasteiger partial charge in [-0.15, -0.1) is 0 Å². The largest absolute Gasteiger partial charge is 0.305 e. The second-order valence-electron chi connectivity index (χ2n) is 10.1. The molecule has 2 aliphatic rings. The molecule has 2 aromatic carbocycles. The smallest absolute Gasteiger partial charge is 0.259 e. The molecule has 2 aliphatic heterocycles. The molecule has 7 nitrogen and oxygen atoms in total. The monoisotopic (exact) mass is 500 g/mol. The van der Waals surface area contributed by atoms with E-state index < -0.39 is 9.84 Å². The van der Waals surface area contributed by atoms with E-state index in [1.807, 2.05) is 67.3 Å². The fourth-order valence-electron chi connectivity index (χ4n) is 5.58. The van der Waals surface area contributed by atoms with Crippen LogP contribution in [0.15, 0.2) is 54.6 Å². The second kappa shape index (κ2) is 8.27. The Labute approximate surface area is 210 Å². The van der Waals surface area contributed by atoms with Crippen LogP contribution in [0.25, 0.3) is 22.3 Å². The lowest BCUT2D eigenvalue weighted by molar-refractivity contribution is 0.0983. The van der Waals surface area contributed by atoms with Crippen molar-refractivity contribution < 1.29 is 13.2 Å². The van der Waals surface area contributed by atoms with Gasteiger partial charge in [-0.3, -0.25) is 4.79 Å². The van der Waals surface area contributed by atoms with Gasteiger partial charge < -0.3 is 4.90 Å². The topological polar surface area (TPSA) is 85.2 Å². The van der Waals surface area contributed by atoms with E-state index in [4.69, 9.17) is 10.1 Å². The summed E-state index contributed by atoms with van der Waals surface area (Å²) in [5, 5.41) is 5.43. The Balaban J connectivity index is 1.57. The summed E-state index contributed by atoms with van der Waals surface area (Å²) < 4.78 is 26.3. The van der Waals surface area contributed by atoms with Crippen molar-refractivity contribution in [2.45, 2.75) is 45.7 Å². The van der Waals surface area contributed by atoms with Crippen LogP contribution >= 0.6 is 0 Å². The minimum absolute atomic E-state index is 0.0243. The van der Waals surface area contributed by atoms with Crippen LogP contribution in [0.3, 0.4) is 0 Å². The number of aromatic nitrogens is 3. The molecule has 0 aliphatic carbocycles. The number of fused-ring (bicyclic) bond motifs is 2. The molecule has 0 spiro atoms. The van der Waals surface area contributed by atoms with E-state index in [-0.39, 0.29) is 29.5 Å². The third-order valence-corrected chi connectivity index (χ3v) is 9.15. The molecular formula is C28H28N4O3S. The van der Waals surface area contributed by atoms with Gasteiger partial charge in [-0.1, -0.05) is 48.0 Å². The summed E-state index contributed by atoms with van der Waals surface area (Å²) in [6.07, 6.45) is 1.30. The van der Waals surface area contributed by atoms with Crippen LogP contribution in [0, 0.1) is 13.8 Å². The Hall–Kier alpha value is -3.52. The molecule has 0 radical (unpaired) electrons. The highest BCUT2D eigenvalue weighted by molar-refractivity contribution is 7.91. The number of para-hydroxylation sites is 1. The van der Waals surface area contributed by atoms with E-state index in [1.54, 1.807) is 4.68 Å². The minimum atomic E-state index is -3.11. The first kappa shape index (κ1) is 22.9. The fraction of sp³-hybridized carbons (Fsp3) is 0.321. The minimum Gasteiger partial charge on any atom is -0.305 e. The molecule has 2 aromatic heterocycles. The highest BCUT2D eigenvalue weighted by atomic mass is 32.2. The van der Waals surface area contributed by atoms with E-state index in [2.05, 4.69) is 13.0 Å². The standard InChI is InChI=1S/C28H28N4O3S/c1-17-8-10-20(11-9-17)24-15-23(28(33)31-18(2)14-21-6-4-5-7-25(21)31)26-19(3)30-32(27(26)29-24)22-12-13-36(34,35)16-22/h4-11,15,18,22H,12-14,16H2,1-3H3. The normalized spacial score (nSPS) is 20.7. The zero-order valence-electron chi connectivity index (χ0n) is 20.6. The maximum Gasteiger partial charge on any atom is 0.259 e. The number of nitrogens with zero attached hydrogens (tertiary/aromatic N) is 4. The van der Waals surface area contributed by atoms with Gasteiger partial charge in [0.05, 0.1) is 39.9 Å². The summed E-state index contributed by atoms with van der Waals surface area (Å²) in [4.78, 5) is 21.1. The number of rotatable bonds is 3. The quantitative estimate of drug-likeness (QED) is 0.408. The predicted molar refractivity (Wildman–Crippen MR) is 141 cm³/mol. The number of hydrogen-bond acceptors (Lipinski definition) is 5. The Morgan fingerprint density at radius 3 is 2.53 bits per heavy atom. The predicted octanol–water partition coefficient (Wildman–Crippen LogP) is 4.67. The van der Waals surface area contributed by atoms with E-state index in [0.29, 0.717) is 34.4 Å². The number of aryl methyl sites for hydroxylation is 2. The zero-order valence-corrected chi connectivity index (χ0v) is 21.4. The number of anilines is 1. The molecule has 0 saturated carbocycles. The lowest BCUT2D eigenvalue weighted by Gasteiger charge is -2.23. The summed E-state index contributed by atoms with van der Waals surface area (Å²) in [5.74, 6) is 0.0955. The molecule has 0 bridgehead atoms. The number of carbonyl (C=O) groups is 1. The molecule has 6 rings (SSSR count). The Bertz CT molecular complexity index is 1620. The number of benzene rings is 2. The summed E-state index contributed by atoms with van der Waals surface area (Å²) in [7, 11) is -3.11. The lowest BCUT2D eigenvalue weighted by Crippen LogP contribution is -2.36. The van der Waals surface area contributed by atoms with E-state index in [1.165, 1.54) is 0 Å². The Morgan fingerprint density at radius 1 is 1.06 bits per heavy atom. The average Bonchev–Trinajstić information content (AvgIpc) is 3.50. The summed E-state index contributed by atoms with van der Waals surface area (Å²) in [6.45, 7) is 5.96. The van der Waals surface area contributed by atoms with Gasteiger partial charge in [0, 0.05) is 17.3 Å². The maximum absolute atomic E-state index is 14.2. The van der Waals surface area contributed by atoms with Crippen molar-refractivity contribution in [2.24, 2.45) is 0 Å².